The third kappa shape index (κ3) is 8.90. The van der Waals surface area contributed by atoms with Gasteiger partial charge in [0.15, 0.2) is 5.82 Å². The van der Waals surface area contributed by atoms with Gasteiger partial charge in [-0.15, -0.1) is 11.3 Å². The van der Waals surface area contributed by atoms with E-state index in [1.807, 2.05) is 30.3 Å². The summed E-state index contributed by atoms with van der Waals surface area (Å²) in [6, 6.07) is 10.0. The molecule has 0 fully saturated rings. The highest BCUT2D eigenvalue weighted by Crippen LogP contribution is 2.30. The number of esters is 1. The van der Waals surface area contributed by atoms with Gasteiger partial charge in [0.1, 0.15) is 17.4 Å². The van der Waals surface area contributed by atoms with Crippen LogP contribution in [0.15, 0.2) is 58.3 Å². The summed E-state index contributed by atoms with van der Waals surface area (Å²) in [6.07, 6.45) is 3.41. The van der Waals surface area contributed by atoms with Crippen LogP contribution in [0.4, 0.5) is 0 Å². The number of benzene rings is 1. The first kappa shape index (κ1) is 30.3. The number of ether oxygens (including phenoxy) is 1. The van der Waals surface area contributed by atoms with Crippen molar-refractivity contribution in [1.82, 2.24) is 15.3 Å². The molecular formula is C29H33BrN4O4S. The minimum atomic E-state index is -0.928. The van der Waals surface area contributed by atoms with Gasteiger partial charge in [-0.25, -0.2) is 19.8 Å². The van der Waals surface area contributed by atoms with E-state index in [0.717, 1.165) is 20.5 Å². The number of hydrogen-bond donors (Lipinski definition) is 1. The molecule has 1 atom stereocenters. The molecule has 39 heavy (non-hydrogen) atoms. The van der Waals surface area contributed by atoms with E-state index in [1.54, 1.807) is 39.2 Å². The molecule has 3 rings (SSSR count). The molecule has 206 valence electrons. The van der Waals surface area contributed by atoms with Gasteiger partial charge in [0.2, 0.25) is 0 Å². The maximum Gasteiger partial charge on any atom is 0.328 e. The minimum absolute atomic E-state index is 0.00578. The smallest absolute Gasteiger partial charge is 0.328 e. The van der Waals surface area contributed by atoms with E-state index in [-0.39, 0.29) is 17.5 Å². The molecule has 10 heteroatoms. The fourth-order valence-corrected chi connectivity index (χ4v) is 4.51. The predicted molar refractivity (Wildman–Crippen MR) is 157 cm³/mol. The van der Waals surface area contributed by atoms with Crippen molar-refractivity contribution in [2.45, 2.75) is 71.9 Å². The van der Waals surface area contributed by atoms with Crippen LogP contribution in [0, 0.1) is 0 Å². The second-order valence-electron chi connectivity index (χ2n) is 11.1. The summed E-state index contributed by atoms with van der Waals surface area (Å²) in [5, 5.41) is 2.63. The molecule has 1 N–H and O–H groups in total. The third-order valence-electron chi connectivity index (χ3n) is 5.37. The SMILES string of the molecule is C[C@@H](NC(=O)C(Cc1ccc(-c2ncc(Br)cn2)cc1)=NC(=O)c1ccc(C(C)(C)C)s1)C(=O)OC(C)(C)C. The summed E-state index contributed by atoms with van der Waals surface area (Å²) < 4.78 is 6.15. The van der Waals surface area contributed by atoms with E-state index in [4.69, 9.17) is 4.74 Å². The molecule has 0 bridgehead atoms. The number of hydrogen-bond acceptors (Lipinski definition) is 7. The van der Waals surface area contributed by atoms with Crippen LogP contribution in [-0.4, -0.2) is 45.1 Å². The Morgan fingerprint density at radius 1 is 1.00 bits per heavy atom. The molecule has 0 unspecified atom stereocenters. The number of carbonyl (C=O) groups is 3. The molecule has 2 aromatic heterocycles. The van der Waals surface area contributed by atoms with Gasteiger partial charge in [0, 0.05) is 29.3 Å². The maximum atomic E-state index is 13.3. The molecule has 0 aliphatic carbocycles. The average molecular weight is 614 g/mol. The quantitative estimate of drug-likeness (QED) is 0.261. The monoisotopic (exact) mass is 612 g/mol. The van der Waals surface area contributed by atoms with Gasteiger partial charge in [0.05, 0.1) is 9.35 Å². The van der Waals surface area contributed by atoms with Crippen molar-refractivity contribution in [3.8, 4) is 11.4 Å². The molecule has 2 amide bonds. The fourth-order valence-electron chi connectivity index (χ4n) is 3.36. The summed E-state index contributed by atoms with van der Waals surface area (Å²) in [5.74, 6) is -1.14. The Labute approximate surface area is 241 Å². The van der Waals surface area contributed by atoms with Crippen molar-refractivity contribution in [2.75, 3.05) is 0 Å². The largest absolute Gasteiger partial charge is 0.458 e. The molecule has 3 aromatic rings. The molecule has 0 spiro atoms. The van der Waals surface area contributed by atoms with Crippen LogP contribution in [0.5, 0.6) is 0 Å². The molecular weight excluding hydrogens is 580 g/mol. The summed E-state index contributed by atoms with van der Waals surface area (Å²) in [5.41, 5.74) is 0.735. The summed E-state index contributed by atoms with van der Waals surface area (Å²) in [7, 11) is 0. The van der Waals surface area contributed by atoms with E-state index >= 15 is 0 Å². The first-order chi connectivity index (χ1) is 18.1. The van der Waals surface area contributed by atoms with Crippen LogP contribution in [0.2, 0.25) is 0 Å². The van der Waals surface area contributed by atoms with E-state index in [0.29, 0.717) is 10.7 Å². The van der Waals surface area contributed by atoms with Crippen LogP contribution in [0.25, 0.3) is 11.4 Å². The zero-order valence-electron chi connectivity index (χ0n) is 23.2. The maximum absolute atomic E-state index is 13.3. The van der Waals surface area contributed by atoms with Crippen molar-refractivity contribution in [3.05, 3.63) is 68.6 Å². The van der Waals surface area contributed by atoms with Crippen molar-refractivity contribution >= 4 is 50.8 Å². The van der Waals surface area contributed by atoms with Crippen LogP contribution in [-0.2, 0) is 26.2 Å². The number of rotatable bonds is 7. The molecule has 2 heterocycles. The van der Waals surface area contributed by atoms with Gasteiger partial charge in [0.25, 0.3) is 11.8 Å². The number of aromatic nitrogens is 2. The number of nitrogens with zero attached hydrogens (tertiary/aromatic N) is 3. The van der Waals surface area contributed by atoms with Crippen molar-refractivity contribution < 1.29 is 19.1 Å². The Morgan fingerprint density at radius 3 is 2.15 bits per heavy atom. The molecule has 8 nitrogen and oxygen atoms in total. The standard InChI is InChI=1S/C29H33BrN4O4S/c1-17(27(37)38-29(5,6)7)33-25(35)21(34-26(36)22-12-13-23(39-22)28(2,3)4)14-18-8-10-19(11-9-18)24-31-15-20(30)16-32-24/h8-13,15-17H,14H2,1-7H3,(H,33,35)/t17-/m1/s1. The Morgan fingerprint density at radius 2 is 1.62 bits per heavy atom. The van der Waals surface area contributed by atoms with E-state index in [9.17, 15) is 14.4 Å². The lowest BCUT2D eigenvalue weighted by molar-refractivity contribution is -0.157. The molecule has 0 radical (unpaired) electrons. The summed E-state index contributed by atoms with van der Waals surface area (Å²) in [4.78, 5) is 53.1. The minimum Gasteiger partial charge on any atom is -0.458 e. The van der Waals surface area contributed by atoms with Crippen LogP contribution in [0.1, 0.15) is 68.6 Å². The number of thiophene rings is 1. The zero-order chi connectivity index (χ0) is 29.0. The van der Waals surface area contributed by atoms with Gasteiger partial charge in [-0.2, -0.15) is 0 Å². The van der Waals surface area contributed by atoms with E-state index in [2.05, 4.69) is 57.0 Å². The van der Waals surface area contributed by atoms with E-state index in [1.165, 1.54) is 18.3 Å². The molecule has 0 aliphatic heterocycles. The summed E-state index contributed by atoms with van der Waals surface area (Å²) in [6.45, 7) is 13.0. The van der Waals surface area contributed by atoms with Gasteiger partial charge < -0.3 is 10.1 Å². The highest BCUT2D eigenvalue weighted by atomic mass is 79.9. The Hall–Kier alpha value is -3.24. The Balaban J connectivity index is 1.86. The third-order valence-corrected chi connectivity index (χ3v) is 7.28. The summed E-state index contributed by atoms with van der Waals surface area (Å²) >= 11 is 4.68. The Kier molecular flexibility index (Phi) is 9.55. The first-order valence-electron chi connectivity index (χ1n) is 12.4. The van der Waals surface area contributed by atoms with Gasteiger partial charge in [-0.1, -0.05) is 45.0 Å². The lowest BCUT2D eigenvalue weighted by Gasteiger charge is -2.22. The van der Waals surface area contributed by atoms with Gasteiger partial charge in [-0.05, 0) is 66.7 Å². The molecule has 1 aromatic carbocycles. The number of amides is 2. The number of carbonyl (C=O) groups excluding carboxylic acids is 3. The lowest BCUT2D eigenvalue weighted by Crippen LogP contribution is -2.45. The Bertz CT molecular complexity index is 1370. The number of halogens is 1. The number of nitrogens with one attached hydrogen (secondary N) is 1. The highest BCUT2D eigenvalue weighted by molar-refractivity contribution is 9.10. The van der Waals surface area contributed by atoms with Crippen LogP contribution >= 0.6 is 27.3 Å². The van der Waals surface area contributed by atoms with Crippen LogP contribution < -0.4 is 5.32 Å². The second kappa shape index (κ2) is 12.3. The highest BCUT2D eigenvalue weighted by Gasteiger charge is 2.26. The second-order valence-corrected chi connectivity index (χ2v) is 13.1. The number of aliphatic imine (C=N–C) groups is 1. The van der Waals surface area contributed by atoms with Crippen molar-refractivity contribution in [2.24, 2.45) is 4.99 Å². The van der Waals surface area contributed by atoms with Crippen LogP contribution in [0.3, 0.4) is 0 Å². The first-order valence-corrected chi connectivity index (χ1v) is 14.1. The molecule has 0 aliphatic rings. The molecule has 0 saturated carbocycles. The van der Waals surface area contributed by atoms with Crippen molar-refractivity contribution in [1.29, 1.82) is 0 Å². The zero-order valence-corrected chi connectivity index (χ0v) is 25.6. The van der Waals surface area contributed by atoms with Crippen molar-refractivity contribution in [3.63, 3.8) is 0 Å². The average Bonchev–Trinajstić information content (AvgIpc) is 3.35. The topological polar surface area (TPSA) is 111 Å². The normalized spacial score (nSPS) is 13.1. The van der Waals surface area contributed by atoms with Gasteiger partial charge >= 0.3 is 5.97 Å². The molecule has 0 saturated heterocycles. The van der Waals surface area contributed by atoms with Gasteiger partial charge in [-0.3, -0.25) is 9.59 Å². The lowest BCUT2D eigenvalue weighted by atomic mass is 9.95. The predicted octanol–water partition coefficient (Wildman–Crippen LogP) is 5.94. The van der Waals surface area contributed by atoms with E-state index < -0.39 is 29.4 Å². The fraction of sp³-hybridized carbons (Fsp3) is 0.379.